The predicted molar refractivity (Wildman–Crippen MR) is 125 cm³/mol. The number of nitrogens with one attached hydrogen (secondary N) is 1. The van der Waals surface area contributed by atoms with E-state index in [0.717, 1.165) is 6.04 Å². The van der Waals surface area contributed by atoms with Crippen molar-refractivity contribution in [2.24, 2.45) is 5.92 Å². The summed E-state index contributed by atoms with van der Waals surface area (Å²) >= 11 is 0. The molecule has 0 unspecified atom stereocenters. The van der Waals surface area contributed by atoms with Gasteiger partial charge in [0.15, 0.2) is 0 Å². The van der Waals surface area contributed by atoms with E-state index in [1.807, 2.05) is 13.8 Å². The Morgan fingerprint density at radius 3 is 1.94 bits per heavy atom. The number of phenols is 1. The van der Waals surface area contributed by atoms with Crippen molar-refractivity contribution in [2.45, 2.75) is 71.3 Å². The molecule has 31 heavy (non-hydrogen) atoms. The monoisotopic (exact) mass is 431 g/mol. The lowest BCUT2D eigenvalue weighted by Gasteiger charge is -2.39. The number of likely N-dealkylation sites (tertiary alicyclic amines) is 2. The van der Waals surface area contributed by atoms with Gasteiger partial charge in [0, 0.05) is 37.7 Å². The molecular weight excluding hydrogens is 390 g/mol. The zero-order chi connectivity index (χ0) is 22.6. The number of rotatable bonds is 3. The molecule has 2 N–H and O–H groups in total. The molecule has 3 aliphatic rings. The first-order chi connectivity index (χ1) is 15.1. The lowest BCUT2D eigenvalue weighted by atomic mass is 9.90. The maximum atomic E-state index is 12.2. The van der Waals surface area contributed by atoms with Crippen LogP contribution in [0.3, 0.4) is 0 Å². The summed E-state index contributed by atoms with van der Waals surface area (Å²) in [5.74, 6) is 0.163. The first-order valence-electron chi connectivity index (χ1n) is 12.1. The summed E-state index contributed by atoms with van der Waals surface area (Å²) in [6.45, 7) is 7.98. The number of carbonyl (C=O) groups is 2. The summed E-state index contributed by atoms with van der Waals surface area (Å²) in [6, 6.07) is 7.24. The minimum absolute atomic E-state index is 0.00821. The number of carbonyl (C=O) groups excluding carboxylic acids is 2. The van der Waals surface area contributed by atoms with Crippen LogP contribution in [0.5, 0.6) is 5.75 Å². The van der Waals surface area contributed by atoms with Crippen molar-refractivity contribution >= 4 is 11.8 Å². The number of aromatic hydroxyl groups is 1. The van der Waals surface area contributed by atoms with Gasteiger partial charge in [0.1, 0.15) is 5.75 Å². The van der Waals surface area contributed by atoms with E-state index in [9.17, 15) is 14.7 Å². The molecule has 2 saturated heterocycles. The zero-order valence-electron chi connectivity index (χ0n) is 19.6. The topological polar surface area (TPSA) is 72.9 Å². The van der Waals surface area contributed by atoms with Gasteiger partial charge in [-0.1, -0.05) is 26.7 Å². The van der Waals surface area contributed by atoms with E-state index in [0.29, 0.717) is 31.5 Å². The maximum absolute atomic E-state index is 12.2. The second-order valence-corrected chi connectivity index (χ2v) is 8.41. The number of piperidine rings is 2. The molecule has 1 aromatic rings. The Morgan fingerprint density at radius 1 is 0.871 bits per heavy atom. The van der Waals surface area contributed by atoms with Crippen LogP contribution in [-0.4, -0.2) is 66.0 Å². The molecule has 2 aliphatic heterocycles. The van der Waals surface area contributed by atoms with E-state index in [-0.39, 0.29) is 23.5 Å². The van der Waals surface area contributed by atoms with Crippen LogP contribution >= 0.6 is 0 Å². The fourth-order valence-corrected chi connectivity index (χ4v) is 4.37. The van der Waals surface area contributed by atoms with Crippen LogP contribution in [0.4, 0.5) is 0 Å². The molecule has 2 heterocycles. The largest absolute Gasteiger partial charge is 0.508 e. The van der Waals surface area contributed by atoms with Crippen molar-refractivity contribution in [1.82, 2.24) is 15.1 Å². The lowest BCUT2D eigenvalue weighted by Crippen LogP contribution is -2.42. The van der Waals surface area contributed by atoms with Crippen molar-refractivity contribution in [3.05, 3.63) is 29.8 Å². The Bertz CT molecular complexity index is 659. The van der Waals surface area contributed by atoms with Crippen molar-refractivity contribution in [3.63, 3.8) is 0 Å². The highest BCUT2D eigenvalue weighted by Gasteiger charge is 2.27. The Kier molecular flexibility index (Phi) is 10.9. The van der Waals surface area contributed by atoms with Crippen molar-refractivity contribution in [3.8, 4) is 5.75 Å². The van der Waals surface area contributed by atoms with Gasteiger partial charge in [-0.25, -0.2) is 0 Å². The number of amides is 2. The number of hydrogen-bond donors (Lipinski definition) is 2. The molecule has 1 saturated carbocycles. The maximum Gasteiger partial charge on any atom is 0.253 e. The highest BCUT2D eigenvalue weighted by Crippen LogP contribution is 2.27. The fraction of sp³-hybridized carbons (Fsp3) is 0.680. The standard InChI is InChI=1S/C14H18N2O3.C9H17N.C2H6/c1-15-13(18)10-6-8-16(9-7-10)14(19)11-2-4-12(17)5-3-11;1-2-7-10(8-3-1)9-5-4-6-9;1-2/h2-5,10,17H,6-9H2,1H3,(H,15,18);9H,1-8H2;1-2H3. The molecule has 0 aromatic heterocycles. The Balaban J connectivity index is 0.000000237. The van der Waals surface area contributed by atoms with Gasteiger partial charge in [-0.05, 0) is 75.9 Å². The van der Waals surface area contributed by atoms with Crippen LogP contribution in [0.15, 0.2) is 24.3 Å². The zero-order valence-corrected chi connectivity index (χ0v) is 19.6. The van der Waals surface area contributed by atoms with Gasteiger partial charge >= 0.3 is 0 Å². The van der Waals surface area contributed by atoms with Gasteiger partial charge in [-0.15, -0.1) is 0 Å². The smallest absolute Gasteiger partial charge is 0.253 e. The molecule has 0 atom stereocenters. The lowest BCUT2D eigenvalue weighted by molar-refractivity contribution is -0.125. The molecule has 0 bridgehead atoms. The summed E-state index contributed by atoms with van der Waals surface area (Å²) in [7, 11) is 1.64. The average molecular weight is 432 g/mol. The van der Waals surface area contributed by atoms with Crippen LogP contribution in [0.1, 0.15) is 75.6 Å². The van der Waals surface area contributed by atoms with Gasteiger partial charge < -0.3 is 20.2 Å². The highest BCUT2D eigenvalue weighted by molar-refractivity contribution is 5.94. The SMILES string of the molecule is C1CCN(C2CCC2)CC1.CC.CNC(=O)C1CCN(C(=O)c2ccc(O)cc2)CC1. The summed E-state index contributed by atoms with van der Waals surface area (Å²) in [5, 5.41) is 11.8. The quantitative estimate of drug-likeness (QED) is 0.758. The summed E-state index contributed by atoms with van der Waals surface area (Å²) in [5.41, 5.74) is 0.566. The molecule has 3 fully saturated rings. The number of nitrogens with zero attached hydrogens (tertiary/aromatic N) is 2. The van der Waals surface area contributed by atoms with E-state index in [4.69, 9.17) is 0 Å². The third-order valence-electron chi connectivity index (χ3n) is 6.50. The molecule has 0 radical (unpaired) electrons. The average Bonchev–Trinajstić information content (AvgIpc) is 2.80. The fourth-order valence-electron chi connectivity index (χ4n) is 4.37. The molecule has 0 spiro atoms. The van der Waals surface area contributed by atoms with Gasteiger partial charge in [0.2, 0.25) is 5.91 Å². The molecule has 174 valence electrons. The first kappa shape index (κ1) is 25.2. The van der Waals surface area contributed by atoms with E-state index >= 15 is 0 Å². The molecule has 4 rings (SSSR count). The Hall–Kier alpha value is -2.08. The normalized spacial score (nSPS) is 19.8. The second-order valence-electron chi connectivity index (χ2n) is 8.41. The predicted octanol–water partition coefficient (Wildman–Crippen LogP) is 4.04. The van der Waals surface area contributed by atoms with Crippen LogP contribution in [0, 0.1) is 5.92 Å². The number of benzene rings is 1. The minimum Gasteiger partial charge on any atom is -0.508 e. The Labute approximate surface area is 188 Å². The van der Waals surface area contributed by atoms with E-state index in [1.54, 1.807) is 24.1 Å². The molecule has 1 aliphatic carbocycles. The van der Waals surface area contributed by atoms with E-state index in [1.165, 1.54) is 63.7 Å². The van der Waals surface area contributed by atoms with E-state index < -0.39 is 0 Å². The molecule has 2 amide bonds. The van der Waals surface area contributed by atoms with Crippen molar-refractivity contribution in [2.75, 3.05) is 33.2 Å². The molecule has 6 nitrogen and oxygen atoms in total. The molecule has 1 aromatic carbocycles. The van der Waals surface area contributed by atoms with Crippen LogP contribution in [-0.2, 0) is 4.79 Å². The first-order valence-corrected chi connectivity index (χ1v) is 12.1. The van der Waals surface area contributed by atoms with Crippen LogP contribution in [0.2, 0.25) is 0 Å². The Morgan fingerprint density at radius 2 is 1.45 bits per heavy atom. The van der Waals surface area contributed by atoms with Gasteiger partial charge in [-0.3, -0.25) is 9.59 Å². The van der Waals surface area contributed by atoms with Gasteiger partial charge in [0.05, 0.1) is 0 Å². The van der Waals surface area contributed by atoms with Crippen molar-refractivity contribution < 1.29 is 14.7 Å². The molecule has 6 heteroatoms. The highest BCUT2D eigenvalue weighted by atomic mass is 16.3. The molecular formula is C25H41N3O3. The third kappa shape index (κ3) is 7.53. The van der Waals surface area contributed by atoms with Crippen molar-refractivity contribution in [1.29, 1.82) is 0 Å². The number of hydrogen-bond acceptors (Lipinski definition) is 4. The third-order valence-corrected chi connectivity index (χ3v) is 6.50. The van der Waals surface area contributed by atoms with Crippen LogP contribution < -0.4 is 5.32 Å². The summed E-state index contributed by atoms with van der Waals surface area (Å²) in [6.07, 6.45) is 10.2. The number of phenolic OH excluding ortho intramolecular Hbond substituents is 1. The summed E-state index contributed by atoms with van der Waals surface area (Å²) < 4.78 is 0. The second kappa shape index (κ2) is 13.4. The van der Waals surface area contributed by atoms with E-state index in [2.05, 4.69) is 10.2 Å². The van der Waals surface area contributed by atoms with Gasteiger partial charge in [-0.2, -0.15) is 0 Å². The van der Waals surface area contributed by atoms with Crippen LogP contribution in [0.25, 0.3) is 0 Å². The summed E-state index contributed by atoms with van der Waals surface area (Å²) in [4.78, 5) is 28.2. The minimum atomic E-state index is -0.0460. The van der Waals surface area contributed by atoms with Gasteiger partial charge in [0.25, 0.3) is 5.91 Å².